The fraction of sp³-hybridized carbons (Fsp3) is 0.0500. The Kier molecular flexibility index (Phi) is 4.81. The lowest BCUT2D eigenvalue weighted by Gasteiger charge is -2.25. The van der Waals surface area contributed by atoms with Crippen LogP contribution in [0.3, 0.4) is 0 Å². The highest BCUT2D eigenvalue weighted by atomic mass is 35.5. The Labute approximate surface area is 149 Å². The van der Waals surface area contributed by atoms with Gasteiger partial charge in [-0.1, -0.05) is 36.4 Å². The first kappa shape index (κ1) is 17.1. The maximum absolute atomic E-state index is 13.0. The minimum absolute atomic E-state index is 0.134. The highest BCUT2D eigenvalue weighted by molar-refractivity contribution is 6.35. The maximum atomic E-state index is 13.0. The average Bonchev–Trinajstić information content (AvgIpc) is 2.63. The molecule has 126 valence electrons. The molecule has 0 amide bonds. The summed E-state index contributed by atoms with van der Waals surface area (Å²) in [5.74, 6) is -1.41. The van der Waals surface area contributed by atoms with Crippen LogP contribution >= 0.6 is 11.6 Å². The summed E-state index contributed by atoms with van der Waals surface area (Å²) in [7, 11) is 0. The number of para-hydroxylation sites is 2. The predicted octanol–water partition coefficient (Wildman–Crippen LogP) is 6.17. The molecule has 0 fully saturated rings. The number of anilines is 3. The molecule has 25 heavy (non-hydrogen) atoms. The number of hydrogen-bond donors (Lipinski definition) is 0. The number of benzene rings is 3. The number of carbonyl (C=O) groups excluding carboxylic acids is 1. The minimum Gasteiger partial charge on any atom is -0.311 e. The topological polar surface area (TPSA) is 20.3 Å². The minimum atomic E-state index is -3.90. The number of halogens is 3. The molecule has 2 nitrogen and oxygen atoms in total. The maximum Gasteiger partial charge on any atom is 0.384 e. The molecule has 0 aliphatic heterocycles. The molecule has 0 heterocycles. The molecule has 5 heteroatoms. The molecule has 0 aromatic heterocycles. The van der Waals surface area contributed by atoms with Crippen molar-refractivity contribution in [2.24, 2.45) is 0 Å². The van der Waals surface area contributed by atoms with Crippen molar-refractivity contribution in [3.8, 4) is 0 Å². The molecule has 3 rings (SSSR count). The van der Waals surface area contributed by atoms with Crippen LogP contribution in [0.25, 0.3) is 0 Å². The monoisotopic (exact) mass is 357 g/mol. The molecule has 0 saturated heterocycles. The second-order valence-electron chi connectivity index (χ2n) is 5.38. The fourth-order valence-corrected chi connectivity index (χ4v) is 2.64. The summed E-state index contributed by atoms with van der Waals surface area (Å²) < 4.78 is 26.0. The highest BCUT2D eigenvalue weighted by Gasteiger charge is 2.36. The van der Waals surface area contributed by atoms with Crippen molar-refractivity contribution in [1.29, 1.82) is 0 Å². The van der Waals surface area contributed by atoms with Gasteiger partial charge in [0.25, 0.3) is 0 Å². The van der Waals surface area contributed by atoms with E-state index in [0.29, 0.717) is 0 Å². The predicted molar refractivity (Wildman–Crippen MR) is 96.3 cm³/mol. The van der Waals surface area contributed by atoms with Crippen molar-refractivity contribution < 1.29 is 13.6 Å². The van der Waals surface area contributed by atoms with Crippen molar-refractivity contribution in [2.75, 3.05) is 4.90 Å². The van der Waals surface area contributed by atoms with E-state index in [1.54, 1.807) is 12.1 Å². The standard InChI is InChI=1S/C20H14ClF2NO/c21-20(22,23)19(25)15-11-13-18(14-12-15)24(16-7-3-1-4-8-16)17-9-5-2-6-10-17/h1-14H. The number of hydrogen-bond acceptors (Lipinski definition) is 2. The summed E-state index contributed by atoms with van der Waals surface area (Å²) >= 11 is 4.82. The van der Waals surface area contributed by atoms with Gasteiger partial charge < -0.3 is 4.90 Å². The van der Waals surface area contributed by atoms with Crippen LogP contribution < -0.4 is 4.90 Å². The van der Waals surface area contributed by atoms with Crippen molar-refractivity contribution in [3.63, 3.8) is 0 Å². The smallest absolute Gasteiger partial charge is 0.311 e. The molecule has 0 radical (unpaired) electrons. The highest BCUT2D eigenvalue weighted by Crippen LogP contribution is 2.34. The molecule has 3 aromatic rings. The Bertz CT molecular complexity index is 807. The summed E-state index contributed by atoms with van der Waals surface area (Å²) in [4.78, 5) is 13.6. The third-order valence-electron chi connectivity index (χ3n) is 3.67. The number of ketones is 1. The molecule has 0 aliphatic rings. The van der Waals surface area contributed by atoms with Gasteiger partial charge in [0.1, 0.15) is 0 Å². The molecule has 0 spiro atoms. The molecular weight excluding hydrogens is 344 g/mol. The normalized spacial score (nSPS) is 11.2. The second-order valence-corrected chi connectivity index (χ2v) is 5.85. The van der Waals surface area contributed by atoms with Gasteiger partial charge in [0.15, 0.2) is 0 Å². The lowest BCUT2D eigenvalue weighted by Crippen LogP contribution is -2.21. The number of carbonyl (C=O) groups is 1. The number of alkyl halides is 3. The van der Waals surface area contributed by atoms with Gasteiger partial charge in [-0.15, -0.1) is 0 Å². The molecule has 3 aromatic carbocycles. The SMILES string of the molecule is O=C(c1ccc(N(c2ccccc2)c2ccccc2)cc1)C(F)(F)Cl. The van der Waals surface area contributed by atoms with Crippen molar-refractivity contribution in [2.45, 2.75) is 5.38 Å². The van der Waals surface area contributed by atoms with E-state index in [2.05, 4.69) is 0 Å². The zero-order chi connectivity index (χ0) is 17.9. The van der Waals surface area contributed by atoms with Gasteiger partial charge in [-0.2, -0.15) is 8.78 Å². The lowest BCUT2D eigenvalue weighted by molar-refractivity contribution is 0.0536. The first-order valence-corrected chi connectivity index (χ1v) is 7.96. The van der Waals surface area contributed by atoms with Crippen LogP contribution in [0.1, 0.15) is 10.4 Å². The van der Waals surface area contributed by atoms with Crippen LogP contribution in [0, 0.1) is 0 Å². The average molecular weight is 358 g/mol. The number of rotatable bonds is 5. The molecular formula is C20H14ClF2NO. The zero-order valence-corrected chi connectivity index (χ0v) is 13.8. The van der Waals surface area contributed by atoms with Gasteiger partial charge in [-0.3, -0.25) is 4.79 Å². The van der Waals surface area contributed by atoms with Gasteiger partial charge in [-0.05, 0) is 60.1 Å². The summed E-state index contributed by atoms with van der Waals surface area (Å²) in [6.07, 6.45) is 0. The Morgan fingerprint density at radius 2 is 1.12 bits per heavy atom. The first-order valence-electron chi connectivity index (χ1n) is 7.58. The van der Waals surface area contributed by atoms with Crippen LogP contribution in [-0.2, 0) is 0 Å². The summed E-state index contributed by atoms with van der Waals surface area (Å²) in [5.41, 5.74) is 2.43. The number of Topliss-reactive ketones (excluding diaryl/α,β-unsaturated/α-hetero) is 1. The van der Waals surface area contributed by atoms with Gasteiger partial charge in [0, 0.05) is 22.6 Å². The molecule has 0 saturated carbocycles. The van der Waals surface area contributed by atoms with E-state index in [1.165, 1.54) is 12.1 Å². The largest absolute Gasteiger partial charge is 0.384 e. The quantitative estimate of drug-likeness (QED) is 0.402. The van der Waals surface area contributed by atoms with Gasteiger partial charge >= 0.3 is 5.38 Å². The van der Waals surface area contributed by atoms with Crippen LogP contribution in [0.15, 0.2) is 84.9 Å². The van der Waals surface area contributed by atoms with Crippen LogP contribution in [0.2, 0.25) is 0 Å². The van der Waals surface area contributed by atoms with E-state index in [-0.39, 0.29) is 5.56 Å². The molecule has 0 atom stereocenters. The third kappa shape index (κ3) is 3.86. The zero-order valence-electron chi connectivity index (χ0n) is 13.1. The Balaban J connectivity index is 2.02. The molecule has 0 aliphatic carbocycles. The van der Waals surface area contributed by atoms with Gasteiger partial charge in [0.05, 0.1) is 0 Å². The summed E-state index contributed by atoms with van der Waals surface area (Å²) in [6, 6.07) is 25.2. The van der Waals surface area contributed by atoms with E-state index in [9.17, 15) is 13.6 Å². The van der Waals surface area contributed by atoms with E-state index in [1.807, 2.05) is 65.6 Å². The van der Waals surface area contributed by atoms with Crippen LogP contribution in [0.4, 0.5) is 25.8 Å². The molecule has 0 bridgehead atoms. The van der Waals surface area contributed by atoms with Crippen molar-refractivity contribution >= 4 is 34.4 Å². The first-order chi connectivity index (χ1) is 12.0. The van der Waals surface area contributed by atoms with Crippen LogP contribution in [0.5, 0.6) is 0 Å². The summed E-state index contributed by atoms with van der Waals surface area (Å²) in [5, 5.41) is -3.90. The number of nitrogens with zero attached hydrogens (tertiary/aromatic N) is 1. The molecule has 0 N–H and O–H groups in total. The van der Waals surface area contributed by atoms with E-state index in [0.717, 1.165) is 17.1 Å². The Morgan fingerprint density at radius 3 is 1.52 bits per heavy atom. The van der Waals surface area contributed by atoms with E-state index >= 15 is 0 Å². The van der Waals surface area contributed by atoms with E-state index in [4.69, 9.17) is 11.6 Å². The lowest BCUT2D eigenvalue weighted by atomic mass is 10.1. The Morgan fingerprint density at radius 1 is 0.720 bits per heavy atom. The van der Waals surface area contributed by atoms with Crippen LogP contribution in [-0.4, -0.2) is 11.2 Å². The second kappa shape index (κ2) is 7.03. The molecule has 0 unspecified atom stereocenters. The third-order valence-corrected chi connectivity index (χ3v) is 3.85. The van der Waals surface area contributed by atoms with Gasteiger partial charge in [0.2, 0.25) is 5.78 Å². The Hall–Kier alpha value is -2.72. The van der Waals surface area contributed by atoms with Crippen molar-refractivity contribution in [1.82, 2.24) is 0 Å². The summed E-state index contributed by atoms with van der Waals surface area (Å²) in [6.45, 7) is 0. The fourth-order valence-electron chi connectivity index (χ4n) is 2.53. The van der Waals surface area contributed by atoms with E-state index < -0.39 is 11.2 Å². The van der Waals surface area contributed by atoms with Gasteiger partial charge in [-0.25, -0.2) is 0 Å². The van der Waals surface area contributed by atoms with Crippen molar-refractivity contribution in [3.05, 3.63) is 90.5 Å².